The summed E-state index contributed by atoms with van der Waals surface area (Å²) in [6, 6.07) is 15.8. The molecule has 0 aliphatic rings. The Bertz CT molecular complexity index is 554. The molecule has 2 rings (SSSR count). The van der Waals surface area contributed by atoms with Crippen LogP contribution in [0.25, 0.3) is 0 Å². The maximum Gasteiger partial charge on any atom is 0.120 e. The van der Waals surface area contributed by atoms with Crippen LogP contribution >= 0.6 is 0 Å². The molecule has 0 amide bonds. The number of nitrogens with one attached hydrogen (secondary N) is 1. The predicted octanol–water partition coefficient (Wildman–Crippen LogP) is 3.81. The Balaban J connectivity index is 2.14. The van der Waals surface area contributed by atoms with Gasteiger partial charge in [0.25, 0.3) is 0 Å². The summed E-state index contributed by atoms with van der Waals surface area (Å²) >= 11 is 0. The molecule has 0 aromatic heterocycles. The van der Waals surface area contributed by atoms with E-state index in [1.165, 1.54) is 5.56 Å². The van der Waals surface area contributed by atoms with E-state index in [0.29, 0.717) is 0 Å². The topological polar surface area (TPSA) is 41.5 Å². The SMILES string of the molecule is COc1ccc(O)c(C(C)NC(C)c2ccccc2)c1. The van der Waals surface area contributed by atoms with E-state index in [2.05, 4.69) is 24.4 Å². The molecule has 2 N–H and O–H groups in total. The first kappa shape index (κ1) is 14.4. The van der Waals surface area contributed by atoms with Crippen LogP contribution in [0.2, 0.25) is 0 Å². The summed E-state index contributed by atoms with van der Waals surface area (Å²) in [6.07, 6.45) is 0. The van der Waals surface area contributed by atoms with Crippen LogP contribution < -0.4 is 10.1 Å². The molecule has 0 saturated carbocycles. The van der Waals surface area contributed by atoms with Gasteiger partial charge in [0, 0.05) is 17.6 Å². The number of aromatic hydroxyl groups is 1. The van der Waals surface area contributed by atoms with Crippen molar-refractivity contribution in [2.45, 2.75) is 25.9 Å². The van der Waals surface area contributed by atoms with Gasteiger partial charge in [-0.05, 0) is 37.6 Å². The van der Waals surface area contributed by atoms with E-state index in [9.17, 15) is 5.11 Å². The van der Waals surface area contributed by atoms with Crippen molar-refractivity contribution >= 4 is 0 Å². The van der Waals surface area contributed by atoms with Crippen molar-refractivity contribution in [1.82, 2.24) is 5.32 Å². The quantitative estimate of drug-likeness (QED) is 0.868. The summed E-state index contributed by atoms with van der Waals surface area (Å²) in [4.78, 5) is 0. The average Bonchev–Trinajstić information content (AvgIpc) is 2.48. The van der Waals surface area contributed by atoms with Crippen molar-refractivity contribution < 1.29 is 9.84 Å². The molecule has 0 bridgehead atoms. The van der Waals surface area contributed by atoms with E-state index in [-0.39, 0.29) is 17.8 Å². The van der Waals surface area contributed by atoms with Crippen molar-refractivity contribution in [3.8, 4) is 11.5 Å². The van der Waals surface area contributed by atoms with Crippen LogP contribution in [0.5, 0.6) is 11.5 Å². The zero-order valence-electron chi connectivity index (χ0n) is 12.1. The van der Waals surface area contributed by atoms with Crippen LogP contribution in [-0.4, -0.2) is 12.2 Å². The standard InChI is InChI=1S/C17H21NO2/c1-12(14-7-5-4-6-8-14)18-13(2)16-11-15(20-3)9-10-17(16)19/h4-13,18-19H,1-3H3. The predicted molar refractivity (Wildman–Crippen MR) is 81.1 cm³/mol. The van der Waals surface area contributed by atoms with Gasteiger partial charge in [0.05, 0.1) is 7.11 Å². The second-order valence-electron chi connectivity index (χ2n) is 4.95. The van der Waals surface area contributed by atoms with E-state index >= 15 is 0 Å². The zero-order valence-corrected chi connectivity index (χ0v) is 12.1. The first-order valence-corrected chi connectivity index (χ1v) is 6.79. The van der Waals surface area contributed by atoms with Crippen LogP contribution in [0.15, 0.2) is 48.5 Å². The van der Waals surface area contributed by atoms with E-state index in [0.717, 1.165) is 11.3 Å². The highest BCUT2D eigenvalue weighted by atomic mass is 16.5. The van der Waals surface area contributed by atoms with Crippen LogP contribution in [0.3, 0.4) is 0 Å². The van der Waals surface area contributed by atoms with Gasteiger partial charge in [-0.3, -0.25) is 0 Å². The fraction of sp³-hybridized carbons (Fsp3) is 0.294. The summed E-state index contributed by atoms with van der Waals surface area (Å²) in [5.41, 5.74) is 2.06. The molecular formula is C17H21NO2. The van der Waals surface area contributed by atoms with Gasteiger partial charge in [-0.2, -0.15) is 0 Å². The van der Waals surface area contributed by atoms with Gasteiger partial charge >= 0.3 is 0 Å². The van der Waals surface area contributed by atoms with Crippen LogP contribution in [0, 0.1) is 0 Å². The van der Waals surface area contributed by atoms with E-state index in [4.69, 9.17) is 4.74 Å². The molecule has 0 aliphatic heterocycles. The zero-order chi connectivity index (χ0) is 14.5. The van der Waals surface area contributed by atoms with E-state index in [1.54, 1.807) is 19.2 Å². The number of rotatable bonds is 5. The van der Waals surface area contributed by atoms with Gasteiger partial charge in [0.1, 0.15) is 11.5 Å². The minimum absolute atomic E-state index is 0.0281. The van der Waals surface area contributed by atoms with Crippen molar-refractivity contribution in [2.75, 3.05) is 7.11 Å². The lowest BCUT2D eigenvalue weighted by Gasteiger charge is -2.22. The number of ether oxygens (including phenoxy) is 1. The molecule has 2 atom stereocenters. The van der Waals surface area contributed by atoms with E-state index < -0.39 is 0 Å². The minimum atomic E-state index is 0.0281. The normalized spacial score (nSPS) is 13.8. The molecule has 0 spiro atoms. The first-order valence-electron chi connectivity index (χ1n) is 6.79. The summed E-state index contributed by atoms with van der Waals surface area (Å²) in [6.45, 7) is 4.15. The highest BCUT2D eigenvalue weighted by Gasteiger charge is 2.14. The number of phenolic OH excluding ortho intramolecular Hbond substituents is 1. The van der Waals surface area contributed by atoms with Gasteiger partial charge in [0.2, 0.25) is 0 Å². The van der Waals surface area contributed by atoms with Crippen LogP contribution in [0.1, 0.15) is 37.1 Å². The van der Waals surface area contributed by atoms with Crippen molar-refractivity contribution in [2.24, 2.45) is 0 Å². The third-order valence-corrected chi connectivity index (χ3v) is 3.50. The number of hydrogen-bond donors (Lipinski definition) is 2. The van der Waals surface area contributed by atoms with Crippen LogP contribution in [0.4, 0.5) is 0 Å². The lowest BCUT2D eigenvalue weighted by Crippen LogP contribution is -2.22. The van der Waals surface area contributed by atoms with E-state index in [1.807, 2.05) is 31.2 Å². The molecule has 20 heavy (non-hydrogen) atoms. The van der Waals surface area contributed by atoms with Crippen molar-refractivity contribution in [1.29, 1.82) is 0 Å². The van der Waals surface area contributed by atoms with Gasteiger partial charge < -0.3 is 15.2 Å². The Hall–Kier alpha value is -2.00. The number of hydrogen-bond acceptors (Lipinski definition) is 3. The molecule has 3 nitrogen and oxygen atoms in total. The lowest BCUT2D eigenvalue weighted by molar-refractivity contribution is 0.405. The minimum Gasteiger partial charge on any atom is -0.508 e. The number of phenols is 1. The monoisotopic (exact) mass is 271 g/mol. The Labute approximate surface area is 120 Å². The second-order valence-corrected chi connectivity index (χ2v) is 4.95. The van der Waals surface area contributed by atoms with Crippen molar-refractivity contribution in [3.05, 3.63) is 59.7 Å². The molecule has 0 heterocycles. The first-order chi connectivity index (χ1) is 9.61. The number of methoxy groups -OCH3 is 1. The van der Waals surface area contributed by atoms with Gasteiger partial charge in [-0.1, -0.05) is 30.3 Å². The van der Waals surface area contributed by atoms with Gasteiger partial charge in [-0.25, -0.2) is 0 Å². The average molecular weight is 271 g/mol. The van der Waals surface area contributed by atoms with Crippen LogP contribution in [-0.2, 0) is 0 Å². The molecule has 2 aromatic rings. The Morgan fingerprint density at radius 1 is 1.00 bits per heavy atom. The Kier molecular flexibility index (Phi) is 4.64. The largest absolute Gasteiger partial charge is 0.508 e. The Morgan fingerprint density at radius 2 is 1.70 bits per heavy atom. The summed E-state index contributed by atoms with van der Waals surface area (Å²) in [5.74, 6) is 1.03. The summed E-state index contributed by atoms with van der Waals surface area (Å²) < 4.78 is 5.21. The molecular weight excluding hydrogens is 250 g/mol. The molecule has 2 unspecified atom stereocenters. The Morgan fingerprint density at radius 3 is 2.35 bits per heavy atom. The lowest BCUT2D eigenvalue weighted by atomic mass is 10.0. The fourth-order valence-electron chi connectivity index (χ4n) is 2.31. The third kappa shape index (κ3) is 3.31. The molecule has 0 radical (unpaired) electrons. The number of benzene rings is 2. The molecule has 3 heteroatoms. The molecule has 0 aliphatic carbocycles. The van der Waals surface area contributed by atoms with Gasteiger partial charge in [-0.15, -0.1) is 0 Å². The smallest absolute Gasteiger partial charge is 0.120 e. The van der Waals surface area contributed by atoms with Gasteiger partial charge in [0.15, 0.2) is 0 Å². The molecule has 106 valence electrons. The molecule has 0 saturated heterocycles. The molecule has 0 fully saturated rings. The fourth-order valence-corrected chi connectivity index (χ4v) is 2.31. The maximum absolute atomic E-state index is 9.99. The highest BCUT2D eigenvalue weighted by molar-refractivity contribution is 5.41. The van der Waals surface area contributed by atoms with Crippen molar-refractivity contribution in [3.63, 3.8) is 0 Å². The highest BCUT2D eigenvalue weighted by Crippen LogP contribution is 2.29. The third-order valence-electron chi connectivity index (χ3n) is 3.50. The molecule has 2 aromatic carbocycles. The summed E-state index contributed by atoms with van der Waals surface area (Å²) in [7, 11) is 1.63. The maximum atomic E-state index is 9.99. The second kappa shape index (κ2) is 6.44. The summed E-state index contributed by atoms with van der Waals surface area (Å²) in [5, 5.41) is 13.5.